The van der Waals surface area contributed by atoms with Crippen LogP contribution in [-0.2, 0) is 14.3 Å². The van der Waals surface area contributed by atoms with E-state index in [-0.39, 0.29) is 23.9 Å². The fourth-order valence-corrected chi connectivity index (χ4v) is 5.58. The van der Waals surface area contributed by atoms with Gasteiger partial charge in [0, 0.05) is 0 Å². The van der Waals surface area contributed by atoms with E-state index in [9.17, 15) is 9.59 Å². The number of anilines is 1. The van der Waals surface area contributed by atoms with Gasteiger partial charge in [-0.1, -0.05) is 12.1 Å². The van der Waals surface area contributed by atoms with Crippen molar-refractivity contribution < 1.29 is 19.1 Å². The van der Waals surface area contributed by atoms with Gasteiger partial charge >= 0.3 is 5.97 Å². The number of hydrogen-bond acceptors (Lipinski definition) is 4. The van der Waals surface area contributed by atoms with E-state index in [2.05, 4.69) is 5.32 Å². The smallest absolute Gasteiger partial charge is 0.312 e. The lowest BCUT2D eigenvalue weighted by molar-refractivity contribution is -0.172. The van der Waals surface area contributed by atoms with Crippen molar-refractivity contribution in [2.75, 3.05) is 19.0 Å². The molecule has 0 unspecified atom stereocenters. The van der Waals surface area contributed by atoms with E-state index in [1.807, 2.05) is 12.1 Å². The quantitative estimate of drug-likeness (QED) is 0.832. The molecule has 1 N–H and O–H groups in total. The van der Waals surface area contributed by atoms with Crippen molar-refractivity contribution in [3.8, 4) is 5.75 Å². The molecule has 5 rings (SSSR count). The summed E-state index contributed by atoms with van der Waals surface area (Å²) in [6.45, 7) is -0.237. The highest BCUT2D eigenvalue weighted by molar-refractivity contribution is 5.94. The lowest BCUT2D eigenvalue weighted by atomic mass is 9.49. The van der Waals surface area contributed by atoms with Crippen LogP contribution in [0.4, 0.5) is 5.69 Å². The van der Waals surface area contributed by atoms with E-state index in [0.29, 0.717) is 29.2 Å². The van der Waals surface area contributed by atoms with Crippen LogP contribution in [0.3, 0.4) is 0 Å². The minimum atomic E-state index is -0.331. The highest BCUT2D eigenvalue weighted by Gasteiger charge is 2.55. The first-order valence-electron chi connectivity index (χ1n) is 9.18. The summed E-state index contributed by atoms with van der Waals surface area (Å²) in [5.41, 5.74) is 0.264. The Balaban J connectivity index is 1.35. The van der Waals surface area contributed by atoms with Gasteiger partial charge in [-0.2, -0.15) is 0 Å². The number of methoxy groups -OCH3 is 1. The van der Waals surface area contributed by atoms with Crippen LogP contribution in [0.25, 0.3) is 0 Å². The Morgan fingerprint density at radius 3 is 2.28 bits per heavy atom. The van der Waals surface area contributed by atoms with Crippen molar-refractivity contribution in [2.45, 2.75) is 38.5 Å². The molecule has 0 aromatic heterocycles. The van der Waals surface area contributed by atoms with E-state index in [1.165, 1.54) is 19.3 Å². The number of ether oxygens (including phenoxy) is 2. The third-order valence-corrected chi connectivity index (χ3v) is 6.19. The van der Waals surface area contributed by atoms with Gasteiger partial charge in [0.25, 0.3) is 5.91 Å². The summed E-state index contributed by atoms with van der Waals surface area (Å²) < 4.78 is 10.7. The number of amides is 1. The Morgan fingerprint density at radius 1 is 1.08 bits per heavy atom. The van der Waals surface area contributed by atoms with Crippen LogP contribution in [0.1, 0.15) is 38.5 Å². The normalized spacial score (nSPS) is 32.3. The first kappa shape index (κ1) is 16.4. The molecule has 4 bridgehead atoms. The van der Waals surface area contributed by atoms with Gasteiger partial charge in [0.15, 0.2) is 6.61 Å². The minimum absolute atomic E-state index is 0.165. The molecule has 0 aliphatic heterocycles. The van der Waals surface area contributed by atoms with E-state index in [4.69, 9.17) is 9.47 Å². The lowest BCUT2D eigenvalue weighted by Crippen LogP contribution is -2.50. The zero-order valence-corrected chi connectivity index (χ0v) is 14.6. The number of carbonyl (C=O) groups is 2. The van der Waals surface area contributed by atoms with Gasteiger partial charge < -0.3 is 14.8 Å². The molecule has 134 valence electrons. The lowest BCUT2D eigenvalue weighted by Gasteiger charge is -2.55. The molecule has 0 radical (unpaired) electrons. The summed E-state index contributed by atoms with van der Waals surface area (Å²) >= 11 is 0. The Hall–Kier alpha value is -2.04. The van der Waals surface area contributed by atoms with Crippen molar-refractivity contribution in [1.82, 2.24) is 0 Å². The number of hydrogen-bond donors (Lipinski definition) is 1. The summed E-state index contributed by atoms with van der Waals surface area (Å²) in [4.78, 5) is 24.9. The molecule has 1 amide bonds. The molecule has 0 heterocycles. The van der Waals surface area contributed by atoms with Crippen LogP contribution in [0.2, 0.25) is 0 Å². The molecule has 5 heteroatoms. The summed E-state index contributed by atoms with van der Waals surface area (Å²) in [5.74, 6) is 2.14. The van der Waals surface area contributed by atoms with E-state index < -0.39 is 0 Å². The number of para-hydroxylation sites is 2. The van der Waals surface area contributed by atoms with Gasteiger partial charge in [-0.25, -0.2) is 0 Å². The SMILES string of the molecule is COc1ccccc1NC(=O)COC(=O)C12CC3CC(CC(C3)C1)C2. The Kier molecular flexibility index (Phi) is 4.18. The molecule has 1 aromatic carbocycles. The predicted octanol–water partition coefficient (Wildman–Crippen LogP) is 3.39. The zero-order chi connectivity index (χ0) is 17.4. The first-order valence-corrected chi connectivity index (χ1v) is 9.18. The molecular formula is C20H25NO4. The maximum absolute atomic E-state index is 12.7. The summed E-state index contributed by atoms with van der Waals surface area (Å²) in [5, 5.41) is 2.75. The van der Waals surface area contributed by atoms with Crippen molar-refractivity contribution in [3.05, 3.63) is 24.3 Å². The zero-order valence-electron chi connectivity index (χ0n) is 14.6. The molecule has 25 heavy (non-hydrogen) atoms. The van der Waals surface area contributed by atoms with Gasteiger partial charge in [-0.15, -0.1) is 0 Å². The van der Waals surface area contributed by atoms with Gasteiger partial charge in [0.1, 0.15) is 5.75 Å². The fraction of sp³-hybridized carbons (Fsp3) is 0.600. The van der Waals surface area contributed by atoms with Crippen molar-refractivity contribution in [1.29, 1.82) is 0 Å². The number of rotatable bonds is 5. The first-order chi connectivity index (χ1) is 12.1. The molecule has 4 aliphatic rings. The molecule has 1 aromatic rings. The van der Waals surface area contributed by atoms with E-state index in [1.54, 1.807) is 19.2 Å². The molecule has 0 saturated heterocycles. The van der Waals surface area contributed by atoms with Crippen LogP contribution >= 0.6 is 0 Å². The van der Waals surface area contributed by atoms with Crippen molar-refractivity contribution in [3.63, 3.8) is 0 Å². The molecule has 0 atom stereocenters. The van der Waals surface area contributed by atoms with E-state index in [0.717, 1.165) is 19.3 Å². The largest absolute Gasteiger partial charge is 0.495 e. The molecule has 4 saturated carbocycles. The van der Waals surface area contributed by atoms with E-state index >= 15 is 0 Å². The third kappa shape index (κ3) is 3.12. The topological polar surface area (TPSA) is 64.6 Å². The molecular weight excluding hydrogens is 318 g/mol. The number of nitrogens with one attached hydrogen (secondary N) is 1. The Labute approximate surface area is 148 Å². The average Bonchev–Trinajstić information content (AvgIpc) is 2.59. The summed E-state index contributed by atoms with van der Waals surface area (Å²) in [6, 6.07) is 7.19. The Morgan fingerprint density at radius 2 is 1.68 bits per heavy atom. The number of carbonyl (C=O) groups excluding carboxylic acids is 2. The standard InChI is InChI=1S/C20H25NO4/c1-24-17-5-3-2-4-16(17)21-18(22)12-25-19(23)20-9-13-6-14(10-20)8-15(7-13)11-20/h2-5,13-15H,6-12H2,1H3,(H,21,22). The van der Waals surface area contributed by atoms with Gasteiger partial charge in [0.2, 0.25) is 0 Å². The average molecular weight is 343 g/mol. The monoisotopic (exact) mass is 343 g/mol. The molecule has 4 fully saturated rings. The van der Waals surface area contributed by atoms with Gasteiger partial charge in [-0.05, 0) is 68.4 Å². The highest BCUT2D eigenvalue weighted by atomic mass is 16.5. The maximum Gasteiger partial charge on any atom is 0.312 e. The second kappa shape index (κ2) is 6.36. The van der Waals surface area contributed by atoms with Crippen LogP contribution in [0.15, 0.2) is 24.3 Å². The molecule has 5 nitrogen and oxygen atoms in total. The number of benzene rings is 1. The van der Waals surface area contributed by atoms with Crippen LogP contribution in [0.5, 0.6) is 5.75 Å². The Bertz CT molecular complexity index is 649. The third-order valence-electron chi connectivity index (χ3n) is 6.19. The van der Waals surface area contributed by atoms with Crippen molar-refractivity contribution in [2.24, 2.45) is 23.2 Å². The summed E-state index contributed by atoms with van der Waals surface area (Å²) in [6.07, 6.45) is 6.69. The molecule has 0 spiro atoms. The van der Waals surface area contributed by atoms with Gasteiger partial charge in [0.05, 0.1) is 18.2 Å². The van der Waals surface area contributed by atoms with Gasteiger partial charge in [-0.3, -0.25) is 9.59 Å². The van der Waals surface area contributed by atoms with Crippen molar-refractivity contribution >= 4 is 17.6 Å². The van der Waals surface area contributed by atoms with Crippen LogP contribution < -0.4 is 10.1 Å². The summed E-state index contributed by atoms with van der Waals surface area (Å²) in [7, 11) is 1.55. The minimum Gasteiger partial charge on any atom is -0.495 e. The number of esters is 1. The second-order valence-electron chi connectivity index (χ2n) is 8.02. The predicted molar refractivity (Wildman–Crippen MR) is 93.2 cm³/mol. The maximum atomic E-state index is 12.7. The highest BCUT2D eigenvalue weighted by Crippen LogP contribution is 2.60. The fourth-order valence-electron chi connectivity index (χ4n) is 5.58. The van der Waals surface area contributed by atoms with Crippen LogP contribution in [0, 0.1) is 23.2 Å². The second-order valence-corrected chi connectivity index (χ2v) is 8.02. The van der Waals surface area contributed by atoms with Crippen LogP contribution in [-0.4, -0.2) is 25.6 Å². The molecule has 4 aliphatic carbocycles.